The van der Waals surface area contributed by atoms with Gasteiger partial charge >= 0.3 is 0 Å². The summed E-state index contributed by atoms with van der Waals surface area (Å²) in [6.45, 7) is 0.142. The minimum absolute atomic E-state index is 0.142. The third kappa shape index (κ3) is 4.31. The Labute approximate surface area is 160 Å². The molecule has 3 rings (SSSR count). The van der Waals surface area contributed by atoms with Crippen molar-refractivity contribution >= 4 is 51.3 Å². The van der Waals surface area contributed by atoms with Crippen molar-refractivity contribution in [3.8, 4) is 10.4 Å². The van der Waals surface area contributed by atoms with Crippen LogP contribution >= 0.6 is 34.5 Å². The predicted octanol–water partition coefficient (Wildman–Crippen LogP) is 5.19. The highest BCUT2D eigenvalue weighted by molar-refractivity contribution is 7.18. The van der Waals surface area contributed by atoms with Gasteiger partial charge in [-0.15, -0.1) is 0 Å². The van der Waals surface area contributed by atoms with E-state index in [-0.39, 0.29) is 12.5 Å². The number of thiazole rings is 1. The molecule has 0 fully saturated rings. The van der Waals surface area contributed by atoms with E-state index in [4.69, 9.17) is 23.2 Å². The largest absolute Gasteiger partial charge is 0.342 e. The molecule has 0 bridgehead atoms. The molecule has 0 saturated heterocycles. The van der Waals surface area contributed by atoms with Crippen LogP contribution in [0.15, 0.2) is 54.7 Å². The third-order valence-electron chi connectivity index (χ3n) is 3.49. The Balaban J connectivity index is 1.67. The molecule has 1 heterocycles. The van der Waals surface area contributed by atoms with Gasteiger partial charge in [-0.2, -0.15) is 0 Å². The summed E-state index contributed by atoms with van der Waals surface area (Å²) in [4.78, 5) is 19.5. The number of aromatic nitrogens is 1. The SMILES string of the molecule is CN(CC(=O)Nc1c(Cl)cccc1Cl)c1ncc(-c2ccccc2)s1. The average Bonchev–Trinajstić information content (AvgIpc) is 3.09. The first kappa shape index (κ1) is 17.7. The van der Waals surface area contributed by atoms with E-state index >= 15 is 0 Å². The number of nitrogens with one attached hydrogen (secondary N) is 1. The monoisotopic (exact) mass is 391 g/mol. The first-order valence-electron chi connectivity index (χ1n) is 7.51. The Kier molecular flexibility index (Phi) is 5.58. The highest BCUT2D eigenvalue weighted by Gasteiger charge is 2.14. The summed E-state index contributed by atoms with van der Waals surface area (Å²) in [6, 6.07) is 15.1. The van der Waals surface area contributed by atoms with E-state index < -0.39 is 0 Å². The lowest BCUT2D eigenvalue weighted by Gasteiger charge is -2.16. The zero-order valence-corrected chi connectivity index (χ0v) is 15.7. The number of benzene rings is 2. The first-order valence-corrected chi connectivity index (χ1v) is 9.08. The first-order chi connectivity index (χ1) is 12.0. The van der Waals surface area contributed by atoms with Crippen LogP contribution in [0.4, 0.5) is 10.8 Å². The van der Waals surface area contributed by atoms with Crippen LogP contribution in [0.5, 0.6) is 0 Å². The van der Waals surface area contributed by atoms with Crippen LogP contribution in [-0.2, 0) is 4.79 Å². The summed E-state index contributed by atoms with van der Waals surface area (Å²) in [6.07, 6.45) is 1.81. The fourth-order valence-corrected chi connectivity index (χ4v) is 3.63. The number of nitrogens with zero attached hydrogens (tertiary/aromatic N) is 2. The topological polar surface area (TPSA) is 45.2 Å². The maximum absolute atomic E-state index is 12.3. The van der Waals surface area contributed by atoms with Gasteiger partial charge in [0.15, 0.2) is 5.13 Å². The minimum Gasteiger partial charge on any atom is -0.342 e. The molecule has 1 N–H and O–H groups in total. The number of para-hydroxylation sites is 1. The Morgan fingerprint density at radius 1 is 1.12 bits per heavy atom. The number of hydrogen-bond acceptors (Lipinski definition) is 4. The predicted molar refractivity (Wildman–Crippen MR) is 106 cm³/mol. The van der Waals surface area contributed by atoms with Crippen molar-refractivity contribution in [2.24, 2.45) is 0 Å². The van der Waals surface area contributed by atoms with Gasteiger partial charge in [0.2, 0.25) is 5.91 Å². The summed E-state index contributed by atoms with van der Waals surface area (Å²) in [5.74, 6) is -0.214. The Bertz CT molecular complexity index is 863. The van der Waals surface area contributed by atoms with E-state index in [2.05, 4.69) is 10.3 Å². The van der Waals surface area contributed by atoms with Crippen LogP contribution in [0, 0.1) is 0 Å². The maximum Gasteiger partial charge on any atom is 0.244 e. The second-order valence-corrected chi connectivity index (χ2v) is 7.20. The van der Waals surface area contributed by atoms with Gasteiger partial charge in [-0.1, -0.05) is 70.9 Å². The van der Waals surface area contributed by atoms with E-state index in [1.165, 1.54) is 11.3 Å². The number of hydrogen-bond donors (Lipinski definition) is 1. The molecule has 0 spiro atoms. The van der Waals surface area contributed by atoms with Crippen LogP contribution in [0.3, 0.4) is 0 Å². The number of halogens is 2. The highest BCUT2D eigenvalue weighted by Crippen LogP contribution is 2.31. The normalized spacial score (nSPS) is 10.5. The molecule has 0 aliphatic rings. The van der Waals surface area contributed by atoms with Crippen LogP contribution in [0.2, 0.25) is 10.0 Å². The van der Waals surface area contributed by atoms with E-state index in [0.717, 1.165) is 15.6 Å². The zero-order chi connectivity index (χ0) is 17.8. The molecular weight excluding hydrogens is 377 g/mol. The third-order valence-corrected chi connectivity index (χ3v) is 5.28. The molecule has 3 aromatic rings. The van der Waals surface area contributed by atoms with Gasteiger partial charge in [0.05, 0.1) is 27.2 Å². The van der Waals surface area contributed by atoms with Crippen LogP contribution in [-0.4, -0.2) is 24.5 Å². The molecule has 0 aliphatic carbocycles. The van der Waals surface area contributed by atoms with Gasteiger partial charge in [-0.05, 0) is 17.7 Å². The molecule has 0 radical (unpaired) electrons. The summed E-state index contributed by atoms with van der Waals surface area (Å²) >= 11 is 13.7. The molecule has 4 nitrogen and oxygen atoms in total. The Morgan fingerprint density at radius 2 is 1.80 bits per heavy atom. The van der Waals surface area contributed by atoms with E-state index in [0.29, 0.717) is 15.7 Å². The molecule has 1 aromatic heterocycles. The van der Waals surface area contributed by atoms with E-state index in [1.807, 2.05) is 43.6 Å². The van der Waals surface area contributed by atoms with Crippen molar-refractivity contribution in [3.05, 3.63) is 64.8 Å². The number of carbonyl (C=O) groups excluding carboxylic acids is 1. The lowest BCUT2D eigenvalue weighted by molar-refractivity contribution is -0.114. The number of rotatable bonds is 5. The van der Waals surface area contributed by atoms with Gasteiger partial charge in [0, 0.05) is 13.2 Å². The standard InChI is InChI=1S/C18H15Cl2N3OS/c1-23(11-16(24)22-17-13(19)8-5-9-14(17)20)18-21-10-15(25-18)12-6-3-2-4-7-12/h2-10H,11H2,1H3,(H,22,24). The quantitative estimate of drug-likeness (QED) is 0.650. The molecule has 2 aromatic carbocycles. The maximum atomic E-state index is 12.3. The molecule has 7 heteroatoms. The summed E-state index contributed by atoms with van der Waals surface area (Å²) < 4.78 is 0. The van der Waals surface area contributed by atoms with Gasteiger partial charge in [0.1, 0.15) is 0 Å². The molecule has 1 amide bonds. The minimum atomic E-state index is -0.214. The lowest BCUT2D eigenvalue weighted by Crippen LogP contribution is -2.30. The van der Waals surface area contributed by atoms with Crippen LogP contribution < -0.4 is 10.2 Å². The van der Waals surface area contributed by atoms with Crippen molar-refractivity contribution in [3.63, 3.8) is 0 Å². The summed E-state index contributed by atoms with van der Waals surface area (Å²) in [5, 5.41) is 4.33. The average molecular weight is 392 g/mol. The molecule has 128 valence electrons. The van der Waals surface area contributed by atoms with Crippen molar-refractivity contribution in [1.82, 2.24) is 4.98 Å². The summed E-state index contributed by atoms with van der Waals surface area (Å²) in [7, 11) is 1.82. The van der Waals surface area contributed by atoms with Gasteiger partial charge in [-0.25, -0.2) is 4.98 Å². The smallest absolute Gasteiger partial charge is 0.244 e. The Morgan fingerprint density at radius 3 is 2.48 bits per heavy atom. The molecule has 0 atom stereocenters. The fourth-order valence-electron chi connectivity index (χ4n) is 2.26. The number of amides is 1. The lowest BCUT2D eigenvalue weighted by atomic mass is 10.2. The molecule has 0 aliphatic heterocycles. The number of likely N-dealkylation sites (N-methyl/N-ethyl adjacent to an activating group) is 1. The van der Waals surface area contributed by atoms with Crippen molar-refractivity contribution < 1.29 is 4.79 Å². The number of anilines is 2. The number of carbonyl (C=O) groups is 1. The molecule has 25 heavy (non-hydrogen) atoms. The van der Waals surface area contributed by atoms with E-state index in [1.54, 1.807) is 23.1 Å². The summed E-state index contributed by atoms with van der Waals surface area (Å²) in [5.41, 5.74) is 1.53. The van der Waals surface area contributed by atoms with Gasteiger partial charge < -0.3 is 10.2 Å². The second kappa shape index (κ2) is 7.87. The van der Waals surface area contributed by atoms with Crippen molar-refractivity contribution in [1.29, 1.82) is 0 Å². The Hall–Kier alpha value is -2.08. The van der Waals surface area contributed by atoms with Gasteiger partial charge in [0.25, 0.3) is 0 Å². The van der Waals surface area contributed by atoms with Gasteiger partial charge in [-0.3, -0.25) is 4.79 Å². The molecule has 0 unspecified atom stereocenters. The van der Waals surface area contributed by atoms with Crippen LogP contribution in [0.25, 0.3) is 10.4 Å². The van der Waals surface area contributed by atoms with Crippen molar-refractivity contribution in [2.75, 3.05) is 23.8 Å². The highest BCUT2D eigenvalue weighted by atomic mass is 35.5. The van der Waals surface area contributed by atoms with E-state index in [9.17, 15) is 4.79 Å². The fraction of sp³-hybridized carbons (Fsp3) is 0.111. The molecule has 0 saturated carbocycles. The zero-order valence-electron chi connectivity index (χ0n) is 13.4. The van der Waals surface area contributed by atoms with Crippen molar-refractivity contribution in [2.45, 2.75) is 0 Å². The second-order valence-electron chi connectivity index (χ2n) is 5.37. The molecular formula is C18H15Cl2N3OS. The van der Waals surface area contributed by atoms with Crippen LogP contribution in [0.1, 0.15) is 0 Å².